The highest BCUT2D eigenvalue weighted by atomic mass is 16.4. The summed E-state index contributed by atoms with van der Waals surface area (Å²) >= 11 is 0. The fraction of sp³-hybridized carbons (Fsp3) is 0.357. The standard InChI is InChI=1S/C14H16N2O4/c1-9(14(19)20)15-13(18)10-7-12(17)16(8-10)11-5-3-2-4-6-11/h2-6,9-10H,7-8H2,1H3,(H,15,18)(H,19,20)/t9-,10?/m1/s1. The van der Waals surface area contributed by atoms with Crippen LogP contribution in [0.1, 0.15) is 13.3 Å². The van der Waals surface area contributed by atoms with Gasteiger partial charge in [0.05, 0.1) is 5.92 Å². The minimum absolute atomic E-state index is 0.104. The molecule has 1 aromatic rings. The Balaban J connectivity index is 2.02. The zero-order valence-electron chi connectivity index (χ0n) is 11.1. The third-order valence-corrected chi connectivity index (χ3v) is 3.29. The molecule has 6 nitrogen and oxygen atoms in total. The lowest BCUT2D eigenvalue weighted by molar-refractivity contribution is -0.141. The van der Waals surface area contributed by atoms with Crippen molar-refractivity contribution >= 4 is 23.5 Å². The number of anilines is 1. The van der Waals surface area contributed by atoms with E-state index in [9.17, 15) is 14.4 Å². The van der Waals surface area contributed by atoms with Gasteiger partial charge >= 0.3 is 5.97 Å². The maximum atomic E-state index is 11.9. The number of carboxylic acids is 1. The molecule has 1 fully saturated rings. The number of aliphatic carboxylic acids is 1. The van der Waals surface area contributed by atoms with Crippen LogP contribution in [0.15, 0.2) is 30.3 Å². The quantitative estimate of drug-likeness (QED) is 0.844. The molecule has 0 spiro atoms. The van der Waals surface area contributed by atoms with Crippen LogP contribution in [0, 0.1) is 5.92 Å². The molecule has 1 saturated heterocycles. The summed E-state index contributed by atoms with van der Waals surface area (Å²) in [7, 11) is 0. The minimum atomic E-state index is -1.09. The van der Waals surface area contributed by atoms with Gasteiger partial charge in [0.1, 0.15) is 6.04 Å². The lowest BCUT2D eigenvalue weighted by Gasteiger charge is -2.17. The van der Waals surface area contributed by atoms with Crippen molar-refractivity contribution in [1.82, 2.24) is 5.32 Å². The van der Waals surface area contributed by atoms with Crippen molar-refractivity contribution in [2.45, 2.75) is 19.4 Å². The predicted octanol–water partition coefficient (Wildman–Crippen LogP) is 0.629. The minimum Gasteiger partial charge on any atom is -0.480 e. The van der Waals surface area contributed by atoms with Crippen molar-refractivity contribution in [1.29, 1.82) is 0 Å². The zero-order chi connectivity index (χ0) is 14.7. The van der Waals surface area contributed by atoms with Crippen LogP contribution >= 0.6 is 0 Å². The van der Waals surface area contributed by atoms with Gasteiger partial charge < -0.3 is 15.3 Å². The number of benzene rings is 1. The number of hydrogen-bond donors (Lipinski definition) is 2. The normalized spacial score (nSPS) is 19.8. The molecular formula is C14H16N2O4. The van der Waals surface area contributed by atoms with Crippen molar-refractivity contribution < 1.29 is 19.5 Å². The molecule has 20 heavy (non-hydrogen) atoms. The second-order valence-electron chi connectivity index (χ2n) is 4.81. The average Bonchev–Trinajstić information content (AvgIpc) is 2.81. The topological polar surface area (TPSA) is 86.7 Å². The summed E-state index contributed by atoms with van der Waals surface area (Å²) in [5, 5.41) is 11.2. The van der Waals surface area contributed by atoms with Crippen LogP contribution in [0.4, 0.5) is 5.69 Å². The Morgan fingerprint density at radius 3 is 2.60 bits per heavy atom. The molecule has 2 atom stereocenters. The summed E-state index contributed by atoms with van der Waals surface area (Å²) < 4.78 is 0. The van der Waals surface area contributed by atoms with Gasteiger partial charge in [0.15, 0.2) is 0 Å². The SMILES string of the molecule is C[C@@H](NC(=O)C1CC(=O)N(c2ccccc2)C1)C(=O)O. The Morgan fingerprint density at radius 2 is 2.00 bits per heavy atom. The first-order valence-corrected chi connectivity index (χ1v) is 6.37. The summed E-state index contributed by atoms with van der Waals surface area (Å²) in [6.07, 6.45) is 0.104. The Morgan fingerprint density at radius 1 is 1.35 bits per heavy atom. The highest BCUT2D eigenvalue weighted by Gasteiger charge is 2.35. The smallest absolute Gasteiger partial charge is 0.325 e. The molecule has 1 heterocycles. The molecule has 0 saturated carbocycles. The molecule has 2 amide bonds. The predicted molar refractivity (Wildman–Crippen MR) is 72.1 cm³/mol. The van der Waals surface area contributed by atoms with Gasteiger partial charge in [-0.25, -0.2) is 0 Å². The Kier molecular flexibility index (Phi) is 4.02. The number of nitrogens with zero attached hydrogens (tertiary/aromatic N) is 1. The fourth-order valence-electron chi connectivity index (χ4n) is 2.13. The lowest BCUT2D eigenvalue weighted by Crippen LogP contribution is -2.42. The van der Waals surface area contributed by atoms with E-state index >= 15 is 0 Å². The molecular weight excluding hydrogens is 260 g/mol. The first-order valence-electron chi connectivity index (χ1n) is 6.37. The Bertz CT molecular complexity index is 529. The number of carbonyl (C=O) groups excluding carboxylic acids is 2. The third kappa shape index (κ3) is 2.96. The second-order valence-corrected chi connectivity index (χ2v) is 4.81. The van der Waals surface area contributed by atoms with Gasteiger partial charge in [-0.3, -0.25) is 14.4 Å². The van der Waals surface area contributed by atoms with E-state index in [0.717, 1.165) is 5.69 Å². The maximum absolute atomic E-state index is 11.9. The molecule has 0 aliphatic carbocycles. The van der Waals surface area contributed by atoms with Crippen LogP contribution in [0.5, 0.6) is 0 Å². The average molecular weight is 276 g/mol. The van der Waals surface area contributed by atoms with Gasteiger partial charge in [0.2, 0.25) is 11.8 Å². The summed E-state index contributed by atoms with van der Waals surface area (Å²) in [6.45, 7) is 1.67. The summed E-state index contributed by atoms with van der Waals surface area (Å²) in [6, 6.07) is 8.15. The van der Waals surface area contributed by atoms with E-state index in [1.807, 2.05) is 18.2 Å². The number of carbonyl (C=O) groups is 3. The molecule has 1 aliphatic heterocycles. The van der Waals surface area contributed by atoms with Crippen LogP contribution in [0.25, 0.3) is 0 Å². The molecule has 0 bridgehead atoms. The van der Waals surface area contributed by atoms with E-state index < -0.39 is 23.8 Å². The first kappa shape index (κ1) is 14.0. The number of carboxylic acid groups (broad SMARTS) is 1. The van der Waals surface area contributed by atoms with E-state index in [0.29, 0.717) is 0 Å². The lowest BCUT2D eigenvalue weighted by atomic mass is 10.1. The van der Waals surface area contributed by atoms with E-state index in [1.54, 1.807) is 17.0 Å². The number of para-hydroxylation sites is 1. The number of nitrogens with one attached hydrogen (secondary N) is 1. The van der Waals surface area contributed by atoms with Crippen molar-refractivity contribution in [3.05, 3.63) is 30.3 Å². The van der Waals surface area contributed by atoms with E-state index in [-0.39, 0.29) is 18.9 Å². The number of hydrogen-bond acceptors (Lipinski definition) is 3. The number of rotatable bonds is 4. The molecule has 2 N–H and O–H groups in total. The van der Waals surface area contributed by atoms with Crippen molar-refractivity contribution in [3.8, 4) is 0 Å². The maximum Gasteiger partial charge on any atom is 0.325 e. The molecule has 1 aliphatic rings. The summed E-state index contributed by atoms with van der Waals surface area (Å²) in [5.41, 5.74) is 0.749. The van der Waals surface area contributed by atoms with Gasteiger partial charge in [-0.15, -0.1) is 0 Å². The van der Waals surface area contributed by atoms with E-state index in [2.05, 4.69) is 5.32 Å². The molecule has 6 heteroatoms. The largest absolute Gasteiger partial charge is 0.480 e. The summed E-state index contributed by atoms with van der Waals surface area (Å²) in [5.74, 6) is -2.13. The highest BCUT2D eigenvalue weighted by Crippen LogP contribution is 2.24. The van der Waals surface area contributed by atoms with Crippen molar-refractivity contribution in [2.75, 3.05) is 11.4 Å². The van der Waals surface area contributed by atoms with Crippen molar-refractivity contribution in [2.24, 2.45) is 5.92 Å². The molecule has 0 radical (unpaired) electrons. The molecule has 106 valence electrons. The van der Waals surface area contributed by atoms with Gasteiger partial charge in [-0.05, 0) is 19.1 Å². The van der Waals surface area contributed by atoms with Gasteiger partial charge in [0.25, 0.3) is 0 Å². The van der Waals surface area contributed by atoms with Crippen LogP contribution < -0.4 is 10.2 Å². The van der Waals surface area contributed by atoms with Gasteiger partial charge in [-0.1, -0.05) is 18.2 Å². The molecule has 1 aromatic carbocycles. The van der Waals surface area contributed by atoms with Crippen LogP contribution in [0.3, 0.4) is 0 Å². The van der Waals surface area contributed by atoms with Crippen molar-refractivity contribution in [3.63, 3.8) is 0 Å². The van der Waals surface area contributed by atoms with Gasteiger partial charge in [0, 0.05) is 18.7 Å². The monoisotopic (exact) mass is 276 g/mol. The van der Waals surface area contributed by atoms with Crippen LogP contribution in [-0.2, 0) is 14.4 Å². The molecule has 2 rings (SSSR count). The first-order chi connectivity index (χ1) is 9.49. The zero-order valence-corrected chi connectivity index (χ0v) is 11.1. The Hall–Kier alpha value is -2.37. The van der Waals surface area contributed by atoms with E-state index in [4.69, 9.17) is 5.11 Å². The second kappa shape index (κ2) is 5.73. The fourth-order valence-corrected chi connectivity index (χ4v) is 2.13. The highest BCUT2D eigenvalue weighted by molar-refractivity contribution is 6.00. The molecule has 1 unspecified atom stereocenters. The van der Waals surface area contributed by atoms with E-state index in [1.165, 1.54) is 6.92 Å². The van der Waals surface area contributed by atoms with Crippen LogP contribution in [0.2, 0.25) is 0 Å². The van der Waals surface area contributed by atoms with Gasteiger partial charge in [-0.2, -0.15) is 0 Å². The summed E-state index contributed by atoms with van der Waals surface area (Å²) in [4.78, 5) is 36.1. The third-order valence-electron chi connectivity index (χ3n) is 3.29. The molecule has 0 aromatic heterocycles. The Labute approximate surface area is 116 Å². The van der Waals surface area contributed by atoms with Crippen LogP contribution in [-0.4, -0.2) is 35.5 Å². The number of amides is 2.